The Bertz CT molecular complexity index is 457. The zero-order valence-electron chi connectivity index (χ0n) is 12.5. The second kappa shape index (κ2) is 7.71. The molecule has 1 heterocycles. The van der Waals surface area contributed by atoms with Gasteiger partial charge < -0.3 is 14.2 Å². The predicted molar refractivity (Wildman–Crippen MR) is 75.2 cm³/mol. The summed E-state index contributed by atoms with van der Waals surface area (Å²) in [6.45, 7) is 3.30. The predicted octanol–water partition coefficient (Wildman–Crippen LogP) is 4.22. The van der Waals surface area contributed by atoms with Gasteiger partial charge in [0.25, 0.3) is 0 Å². The highest BCUT2D eigenvalue weighted by Crippen LogP contribution is 2.35. The fourth-order valence-electron chi connectivity index (χ4n) is 2.51. The number of rotatable bonds is 6. The summed E-state index contributed by atoms with van der Waals surface area (Å²) in [5.74, 6) is -1.73. The van der Waals surface area contributed by atoms with Crippen LogP contribution in [0.2, 0.25) is 0 Å². The van der Waals surface area contributed by atoms with Crippen LogP contribution >= 0.6 is 0 Å². The summed E-state index contributed by atoms with van der Waals surface area (Å²) >= 11 is 0. The van der Waals surface area contributed by atoms with Gasteiger partial charge in [0.05, 0.1) is 25.9 Å². The molecule has 0 aliphatic carbocycles. The Morgan fingerprint density at radius 2 is 1.90 bits per heavy atom. The second-order valence-corrected chi connectivity index (χ2v) is 5.34. The first-order chi connectivity index (χ1) is 10.2. The van der Waals surface area contributed by atoms with E-state index in [9.17, 15) is 8.78 Å². The number of hydrogen-bond acceptors (Lipinski definition) is 3. The zero-order valence-corrected chi connectivity index (χ0v) is 12.5. The molecule has 1 fully saturated rings. The molecule has 0 unspecified atom stereocenters. The first-order valence-electron chi connectivity index (χ1n) is 7.42. The standard InChI is InChI=1S/C16H22F2O3/c1-3-4-5-6-11-9-20-16(21-10-11)12-7-8-13(17)14(18)15(12)19-2/h7-8,11,16H,3-6,9-10H2,1-2H3. The second-order valence-electron chi connectivity index (χ2n) is 5.34. The van der Waals surface area contributed by atoms with Crippen LogP contribution in [0.25, 0.3) is 0 Å². The molecule has 0 atom stereocenters. The van der Waals surface area contributed by atoms with E-state index < -0.39 is 17.9 Å². The van der Waals surface area contributed by atoms with Crippen molar-refractivity contribution in [3.63, 3.8) is 0 Å². The van der Waals surface area contributed by atoms with E-state index in [1.807, 2.05) is 0 Å². The van der Waals surface area contributed by atoms with Crippen LogP contribution < -0.4 is 4.74 Å². The van der Waals surface area contributed by atoms with Crippen LogP contribution in [0.4, 0.5) is 8.78 Å². The van der Waals surface area contributed by atoms with E-state index in [-0.39, 0.29) is 5.75 Å². The Balaban J connectivity index is 1.98. The average molecular weight is 300 g/mol. The third-order valence-corrected chi connectivity index (χ3v) is 3.72. The maximum absolute atomic E-state index is 13.7. The van der Waals surface area contributed by atoms with Crippen LogP contribution in [-0.4, -0.2) is 20.3 Å². The molecule has 118 valence electrons. The van der Waals surface area contributed by atoms with Gasteiger partial charge in [0.2, 0.25) is 5.82 Å². The molecule has 1 aromatic carbocycles. The highest BCUT2D eigenvalue weighted by molar-refractivity contribution is 5.36. The van der Waals surface area contributed by atoms with Crippen LogP contribution in [-0.2, 0) is 9.47 Å². The van der Waals surface area contributed by atoms with Crippen LogP contribution in [0.5, 0.6) is 5.75 Å². The minimum absolute atomic E-state index is 0.149. The van der Waals surface area contributed by atoms with E-state index in [2.05, 4.69) is 6.92 Å². The number of halogens is 2. The molecule has 1 saturated heterocycles. The monoisotopic (exact) mass is 300 g/mol. The molecule has 0 saturated carbocycles. The Morgan fingerprint density at radius 1 is 1.19 bits per heavy atom. The highest BCUT2D eigenvalue weighted by atomic mass is 19.2. The van der Waals surface area contributed by atoms with Crippen molar-refractivity contribution < 1.29 is 23.0 Å². The van der Waals surface area contributed by atoms with E-state index >= 15 is 0 Å². The lowest BCUT2D eigenvalue weighted by Crippen LogP contribution is -2.27. The van der Waals surface area contributed by atoms with Gasteiger partial charge in [0.1, 0.15) is 0 Å². The Hall–Kier alpha value is -1.20. The van der Waals surface area contributed by atoms with E-state index in [0.29, 0.717) is 24.7 Å². The molecule has 1 aliphatic heterocycles. The van der Waals surface area contributed by atoms with E-state index in [0.717, 1.165) is 18.9 Å². The van der Waals surface area contributed by atoms with Crippen molar-refractivity contribution in [1.82, 2.24) is 0 Å². The Labute approximate surface area is 124 Å². The molecule has 3 nitrogen and oxygen atoms in total. The Morgan fingerprint density at radius 3 is 2.52 bits per heavy atom. The molecule has 5 heteroatoms. The van der Waals surface area contributed by atoms with Gasteiger partial charge in [-0.25, -0.2) is 4.39 Å². The lowest BCUT2D eigenvalue weighted by atomic mass is 10.0. The normalized spacial score (nSPS) is 22.3. The molecule has 2 rings (SSSR count). The molecular formula is C16H22F2O3. The van der Waals surface area contributed by atoms with Crippen LogP contribution in [0.15, 0.2) is 12.1 Å². The first-order valence-corrected chi connectivity index (χ1v) is 7.42. The van der Waals surface area contributed by atoms with Crippen molar-refractivity contribution in [2.45, 2.75) is 38.9 Å². The number of benzene rings is 1. The van der Waals surface area contributed by atoms with Crippen molar-refractivity contribution in [1.29, 1.82) is 0 Å². The summed E-state index contributed by atoms with van der Waals surface area (Å²) < 4.78 is 43.1. The average Bonchev–Trinajstić information content (AvgIpc) is 2.51. The molecule has 0 N–H and O–H groups in total. The van der Waals surface area contributed by atoms with Gasteiger partial charge in [-0.3, -0.25) is 0 Å². The van der Waals surface area contributed by atoms with Gasteiger partial charge in [-0.15, -0.1) is 0 Å². The third-order valence-electron chi connectivity index (χ3n) is 3.72. The molecule has 0 amide bonds. The summed E-state index contributed by atoms with van der Waals surface area (Å²) in [6.07, 6.45) is 3.92. The molecule has 21 heavy (non-hydrogen) atoms. The number of ether oxygens (including phenoxy) is 3. The van der Waals surface area contributed by atoms with Crippen LogP contribution in [0.1, 0.15) is 44.5 Å². The first kappa shape index (κ1) is 16.2. The number of hydrogen-bond donors (Lipinski definition) is 0. The SMILES string of the molecule is CCCCCC1COC(c2ccc(F)c(F)c2OC)OC1. The molecule has 0 radical (unpaired) electrons. The van der Waals surface area contributed by atoms with E-state index in [1.165, 1.54) is 26.0 Å². The fourth-order valence-corrected chi connectivity index (χ4v) is 2.51. The minimum atomic E-state index is -1.01. The van der Waals surface area contributed by atoms with Gasteiger partial charge in [-0.2, -0.15) is 4.39 Å². The van der Waals surface area contributed by atoms with Crippen molar-refractivity contribution in [3.8, 4) is 5.75 Å². The molecule has 1 aliphatic rings. The summed E-state index contributed by atoms with van der Waals surface area (Å²) in [6, 6.07) is 2.51. The summed E-state index contributed by atoms with van der Waals surface area (Å²) in [4.78, 5) is 0. The number of unbranched alkanes of at least 4 members (excludes halogenated alkanes) is 2. The quantitative estimate of drug-likeness (QED) is 0.736. The van der Waals surface area contributed by atoms with Gasteiger partial charge in [-0.05, 0) is 18.6 Å². The van der Waals surface area contributed by atoms with Gasteiger partial charge in [-0.1, -0.05) is 26.2 Å². The smallest absolute Gasteiger partial charge is 0.201 e. The fraction of sp³-hybridized carbons (Fsp3) is 0.625. The topological polar surface area (TPSA) is 27.7 Å². The van der Waals surface area contributed by atoms with Crippen LogP contribution in [0.3, 0.4) is 0 Å². The summed E-state index contributed by atoms with van der Waals surface area (Å²) in [5, 5.41) is 0. The molecule has 0 bridgehead atoms. The van der Waals surface area contributed by atoms with E-state index in [1.54, 1.807) is 0 Å². The maximum Gasteiger partial charge on any atom is 0.201 e. The van der Waals surface area contributed by atoms with Crippen molar-refractivity contribution in [3.05, 3.63) is 29.3 Å². The molecular weight excluding hydrogens is 278 g/mol. The van der Waals surface area contributed by atoms with Crippen molar-refractivity contribution in [2.75, 3.05) is 20.3 Å². The molecule has 0 aromatic heterocycles. The van der Waals surface area contributed by atoms with Crippen molar-refractivity contribution in [2.24, 2.45) is 5.92 Å². The van der Waals surface area contributed by atoms with E-state index in [4.69, 9.17) is 14.2 Å². The highest BCUT2D eigenvalue weighted by Gasteiger charge is 2.28. The Kier molecular flexibility index (Phi) is 5.94. The largest absolute Gasteiger partial charge is 0.493 e. The lowest BCUT2D eigenvalue weighted by Gasteiger charge is -2.30. The minimum Gasteiger partial charge on any atom is -0.493 e. The summed E-state index contributed by atoms with van der Waals surface area (Å²) in [5.41, 5.74) is 0.392. The van der Waals surface area contributed by atoms with Crippen LogP contribution in [0, 0.1) is 17.6 Å². The van der Waals surface area contributed by atoms with Gasteiger partial charge in [0.15, 0.2) is 17.9 Å². The van der Waals surface area contributed by atoms with Gasteiger partial charge >= 0.3 is 0 Å². The maximum atomic E-state index is 13.7. The lowest BCUT2D eigenvalue weighted by molar-refractivity contribution is -0.206. The number of methoxy groups -OCH3 is 1. The molecule has 1 aromatic rings. The summed E-state index contributed by atoms with van der Waals surface area (Å²) in [7, 11) is 1.30. The van der Waals surface area contributed by atoms with Gasteiger partial charge in [0, 0.05) is 5.92 Å². The van der Waals surface area contributed by atoms with Crippen molar-refractivity contribution >= 4 is 0 Å². The zero-order chi connectivity index (χ0) is 15.2. The molecule has 0 spiro atoms. The third kappa shape index (κ3) is 3.92.